The van der Waals surface area contributed by atoms with E-state index >= 15 is 0 Å². The summed E-state index contributed by atoms with van der Waals surface area (Å²) in [6, 6.07) is 8.13. The molecule has 1 atom stereocenters. The lowest BCUT2D eigenvalue weighted by Crippen LogP contribution is -2.34. The smallest absolute Gasteiger partial charge is 0.256 e. The van der Waals surface area contributed by atoms with Gasteiger partial charge in [-0.05, 0) is 25.0 Å². The number of carbonyl (C=O) groups is 1. The Bertz CT molecular complexity index is 805. The van der Waals surface area contributed by atoms with E-state index in [-0.39, 0.29) is 16.7 Å². The molecule has 1 aromatic carbocycles. The summed E-state index contributed by atoms with van der Waals surface area (Å²) < 4.78 is 0. The van der Waals surface area contributed by atoms with Gasteiger partial charge in [0.15, 0.2) is 0 Å². The highest BCUT2D eigenvalue weighted by Crippen LogP contribution is 2.38. The molecule has 3 heterocycles. The van der Waals surface area contributed by atoms with E-state index < -0.39 is 0 Å². The second-order valence-electron chi connectivity index (χ2n) is 5.69. The minimum atomic E-state index is -0.125. The molecule has 5 nitrogen and oxygen atoms in total. The molecule has 0 radical (unpaired) electrons. The van der Waals surface area contributed by atoms with E-state index in [2.05, 4.69) is 22.1 Å². The number of fused-ring (bicyclic) bond motifs is 2. The van der Waals surface area contributed by atoms with Gasteiger partial charge in [-0.15, -0.1) is 11.8 Å². The van der Waals surface area contributed by atoms with Gasteiger partial charge >= 0.3 is 0 Å². The molecule has 2 aliphatic heterocycles. The van der Waals surface area contributed by atoms with Gasteiger partial charge in [0.25, 0.3) is 5.56 Å². The minimum absolute atomic E-state index is 0.0908. The van der Waals surface area contributed by atoms with Crippen molar-refractivity contribution in [2.75, 3.05) is 0 Å². The van der Waals surface area contributed by atoms with E-state index in [0.29, 0.717) is 24.5 Å². The first-order chi connectivity index (χ1) is 10.6. The Morgan fingerprint density at radius 3 is 3.00 bits per heavy atom. The SMILES string of the molecule is Cc1nc2c(c(=O)[nH]1)CN(C(=O)[C@H]1Cc3ccccc3S1)C2. The number of H-pyrrole nitrogens is 1. The van der Waals surface area contributed by atoms with Crippen molar-refractivity contribution >= 4 is 17.7 Å². The van der Waals surface area contributed by atoms with Crippen LogP contribution in [0.15, 0.2) is 34.0 Å². The van der Waals surface area contributed by atoms with Crippen LogP contribution in [-0.2, 0) is 24.3 Å². The van der Waals surface area contributed by atoms with E-state index in [1.165, 1.54) is 10.5 Å². The predicted molar refractivity (Wildman–Crippen MR) is 83.6 cm³/mol. The maximum Gasteiger partial charge on any atom is 0.256 e. The number of aromatic amines is 1. The van der Waals surface area contributed by atoms with Gasteiger partial charge in [-0.1, -0.05) is 18.2 Å². The lowest BCUT2D eigenvalue weighted by Gasteiger charge is -2.18. The third-order valence-corrected chi connectivity index (χ3v) is 5.45. The Kier molecular flexibility index (Phi) is 3.07. The highest BCUT2D eigenvalue weighted by molar-refractivity contribution is 8.01. The van der Waals surface area contributed by atoms with Crippen molar-refractivity contribution in [1.29, 1.82) is 0 Å². The zero-order valence-corrected chi connectivity index (χ0v) is 12.9. The van der Waals surface area contributed by atoms with Crippen molar-refractivity contribution in [2.24, 2.45) is 0 Å². The first-order valence-corrected chi connectivity index (χ1v) is 8.12. The topological polar surface area (TPSA) is 66.1 Å². The summed E-state index contributed by atoms with van der Waals surface area (Å²) in [5.41, 5.74) is 2.46. The molecule has 0 unspecified atom stereocenters. The van der Waals surface area contributed by atoms with E-state index in [9.17, 15) is 9.59 Å². The van der Waals surface area contributed by atoms with Crippen LogP contribution in [-0.4, -0.2) is 26.0 Å². The highest BCUT2D eigenvalue weighted by Gasteiger charge is 2.35. The summed E-state index contributed by atoms with van der Waals surface area (Å²) in [5.74, 6) is 0.692. The Morgan fingerprint density at radius 1 is 1.36 bits per heavy atom. The number of thioether (sulfide) groups is 1. The van der Waals surface area contributed by atoms with E-state index in [4.69, 9.17) is 0 Å². The van der Waals surface area contributed by atoms with E-state index in [1.54, 1.807) is 23.6 Å². The standard InChI is InChI=1S/C16H15N3O2S/c1-9-17-12-8-19(7-11(12)15(20)18-9)16(21)14-6-10-4-2-3-5-13(10)22-14/h2-5,14H,6-8H2,1H3,(H,17,18,20)/t14-/m1/s1. The van der Waals surface area contributed by atoms with Gasteiger partial charge in [-0.25, -0.2) is 4.98 Å². The fourth-order valence-electron chi connectivity index (χ4n) is 3.07. The largest absolute Gasteiger partial charge is 0.331 e. The van der Waals surface area contributed by atoms with Gasteiger partial charge in [0.2, 0.25) is 5.91 Å². The fraction of sp³-hybridized carbons (Fsp3) is 0.312. The summed E-state index contributed by atoms with van der Waals surface area (Å²) >= 11 is 1.62. The third kappa shape index (κ3) is 2.14. The number of nitrogens with one attached hydrogen (secondary N) is 1. The molecule has 6 heteroatoms. The number of hydrogen-bond acceptors (Lipinski definition) is 4. The molecule has 0 fully saturated rings. The van der Waals surface area contributed by atoms with Crippen LogP contribution in [0.2, 0.25) is 0 Å². The van der Waals surface area contributed by atoms with Crippen LogP contribution in [0.3, 0.4) is 0 Å². The number of rotatable bonds is 1. The van der Waals surface area contributed by atoms with Crippen LogP contribution < -0.4 is 5.56 Å². The highest BCUT2D eigenvalue weighted by atomic mass is 32.2. The lowest BCUT2D eigenvalue weighted by molar-refractivity contribution is -0.131. The first-order valence-electron chi connectivity index (χ1n) is 7.24. The predicted octanol–water partition coefficient (Wildman–Crippen LogP) is 1.64. The molecular formula is C16H15N3O2S. The summed E-state index contributed by atoms with van der Waals surface area (Å²) in [5, 5.41) is -0.0908. The normalized spacial score (nSPS) is 19.1. The number of benzene rings is 1. The molecule has 0 saturated carbocycles. The zero-order valence-electron chi connectivity index (χ0n) is 12.1. The molecule has 4 rings (SSSR count). The quantitative estimate of drug-likeness (QED) is 0.869. The molecule has 0 bridgehead atoms. The first kappa shape index (κ1) is 13.6. The van der Waals surface area contributed by atoms with Gasteiger partial charge < -0.3 is 9.88 Å². The second kappa shape index (κ2) is 4.98. The minimum Gasteiger partial charge on any atom is -0.331 e. The van der Waals surface area contributed by atoms with Crippen molar-refractivity contribution in [2.45, 2.75) is 36.6 Å². The van der Waals surface area contributed by atoms with Crippen molar-refractivity contribution < 1.29 is 4.79 Å². The monoisotopic (exact) mass is 313 g/mol. The molecule has 1 aromatic heterocycles. The summed E-state index contributed by atoms with van der Waals surface area (Å²) in [6.45, 7) is 2.56. The third-order valence-electron chi connectivity index (χ3n) is 4.14. The molecule has 22 heavy (non-hydrogen) atoms. The van der Waals surface area contributed by atoms with Gasteiger partial charge in [-0.3, -0.25) is 9.59 Å². The zero-order chi connectivity index (χ0) is 15.3. The van der Waals surface area contributed by atoms with Crippen LogP contribution in [0.4, 0.5) is 0 Å². The van der Waals surface area contributed by atoms with Crippen LogP contribution in [0.25, 0.3) is 0 Å². The molecule has 0 saturated heterocycles. The van der Waals surface area contributed by atoms with Crippen molar-refractivity contribution in [3.8, 4) is 0 Å². The Labute approximate surface area is 131 Å². The molecule has 112 valence electrons. The average molecular weight is 313 g/mol. The summed E-state index contributed by atoms with van der Waals surface area (Å²) in [4.78, 5) is 34.7. The van der Waals surface area contributed by atoms with Crippen LogP contribution in [0, 0.1) is 6.92 Å². The molecule has 2 aromatic rings. The molecule has 0 spiro atoms. The van der Waals surface area contributed by atoms with Crippen LogP contribution in [0.1, 0.15) is 22.6 Å². The average Bonchev–Trinajstić information content (AvgIpc) is 3.09. The van der Waals surface area contributed by atoms with Crippen molar-refractivity contribution in [3.63, 3.8) is 0 Å². The number of amides is 1. The molecule has 1 amide bonds. The number of hydrogen-bond donors (Lipinski definition) is 1. The van der Waals surface area contributed by atoms with Crippen LogP contribution >= 0.6 is 11.8 Å². The second-order valence-corrected chi connectivity index (χ2v) is 6.93. The number of nitrogens with zero attached hydrogens (tertiary/aromatic N) is 2. The van der Waals surface area contributed by atoms with Gasteiger partial charge in [0.05, 0.1) is 29.6 Å². The maximum atomic E-state index is 12.7. The van der Waals surface area contributed by atoms with Crippen LogP contribution in [0.5, 0.6) is 0 Å². The van der Waals surface area contributed by atoms with E-state index in [1.807, 2.05) is 12.1 Å². The molecular weight excluding hydrogens is 298 g/mol. The van der Waals surface area contributed by atoms with Gasteiger partial charge in [0, 0.05) is 4.90 Å². The number of aromatic nitrogens is 2. The molecule has 2 aliphatic rings. The van der Waals surface area contributed by atoms with E-state index in [0.717, 1.165) is 12.1 Å². The molecule has 0 aliphatic carbocycles. The Morgan fingerprint density at radius 2 is 2.18 bits per heavy atom. The Hall–Kier alpha value is -2.08. The van der Waals surface area contributed by atoms with Crippen molar-refractivity contribution in [1.82, 2.24) is 14.9 Å². The molecule has 1 N–H and O–H groups in total. The van der Waals surface area contributed by atoms with Gasteiger partial charge in [0.1, 0.15) is 5.82 Å². The summed E-state index contributed by atoms with van der Waals surface area (Å²) in [6.07, 6.45) is 0.759. The number of aryl methyl sites for hydroxylation is 1. The maximum absolute atomic E-state index is 12.7. The van der Waals surface area contributed by atoms with Crippen molar-refractivity contribution in [3.05, 3.63) is 57.3 Å². The lowest BCUT2D eigenvalue weighted by atomic mass is 10.1. The Balaban J connectivity index is 1.55. The van der Waals surface area contributed by atoms with Gasteiger partial charge in [-0.2, -0.15) is 0 Å². The fourth-order valence-corrected chi connectivity index (χ4v) is 4.35. The number of carbonyl (C=O) groups excluding carboxylic acids is 1. The summed E-state index contributed by atoms with van der Waals surface area (Å²) in [7, 11) is 0.